The second-order valence-electron chi connectivity index (χ2n) is 11.6. The van der Waals surface area contributed by atoms with Gasteiger partial charge in [-0.05, 0) is 82.5 Å². The summed E-state index contributed by atoms with van der Waals surface area (Å²) in [5.74, 6) is 0.599. The summed E-state index contributed by atoms with van der Waals surface area (Å²) < 4.78 is 12.2. The van der Waals surface area contributed by atoms with Crippen molar-refractivity contribution in [3.05, 3.63) is 65.1 Å². The summed E-state index contributed by atoms with van der Waals surface area (Å²) in [4.78, 5) is 48.7. The van der Waals surface area contributed by atoms with E-state index >= 15 is 0 Å². The fourth-order valence-electron chi connectivity index (χ4n) is 5.66. The van der Waals surface area contributed by atoms with Gasteiger partial charge in [0.15, 0.2) is 11.6 Å². The van der Waals surface area contributed by atoms with Crippen LogP contribution < -0.4 is 15.0 Å². The number of carbonyl (C=O) groups is 3. The fraction of sp³-hybridized carbons (Fsp3) is 0.333. The van der Waals surface area contributed by atoms with Crippen molar-refractivity contribution in [3.63, 3.8) is 0 Å². The van der Waals surface area contributed by atoms with E-state index < -0.39 is 29.1 Å². The Balaban J connectivity index is 1.45. The van der Waals surface area contributed by atoms with Crippen molar-refractivity contribution in [1.29, 1.82) is 0 Å². The van der Waals surface area contributed by atoms with E-state index in [1.165, 1.54) is 11.8 Å². The Kier molecular flexibility index (Phi) is 6.00. The lowest BCUT2D eigenvalue weighted by Crippen LogP contribution is -2.36. The van der Waals surface area contributed by atoms with Crippen LogP contribution in [0.1, 0.15) is 55.6 Å². The molecule has 6 rings (SSSR count). The molecule has 1 aliphatic heterocycles. The highest BCUT2D eigenvalue weighted by Gasteiger charge is 2.68. The van der Waals surface area contributed by atoms with E-state index in [2.05, 4.69) is 20.4 Å². The third-order valence-corrected chi connectivity index (χ3v) is 7.65. The van der Waals surface area contributed by atoms with Gasteiger partial charge < -0.3 is 19.9 Å². The first-order valence-corrected chi connectivity index (χ1v) is 13.4. The van der Waals surface area contributed by atoms with Gasteiger partial charge in [0.05, 0.1) is 35.1 Å². The summed E-state index contributed by atoms with van der Waals surface area (Å²) in [6, 6.07) is 10.5. The molecule has 2 N–H and O–H groups in total. The summed E-state index contributed by atoms with van der Waals surface area (Å²) in [6.45, 7) is 8.96. The highest BCUT2D eigenvalue weighted by atomic mass is 16.6. The van der Waals surface area contributed by atoms with Gasteiger partial charge in [-0.25, -0.2) is 19.5 Å². The average molecular weight is 571 g/mol. The number of methoxy groups -OCH3 is 1. The van der Waals surface area contributed by atoms with Gasteiger partial charge in [-0.1, -0.05) is 6.07 Å². The predicted octanol–water partition coefficient (Wildman–Crippen LogP) is 5.43. The zero-order valence-electron chi connectivity index (χ0n) is 24.1. The number of amides is 2. The molecule has 0 radical (unpaired) electrons. The molecule has 2 atom stereocenters. The lowest BCUT2D eigenvalue weighted by Gasteiger charge is -2.19. The number of nitrogens with one attached hydrogen (secondary N) is 1. The van der Waals surface area contributed by atoms with Crippen molar-refractivity contribution in [1.82, 2.24) is 19.7 Å². The summed E-state index contributed by atoms with van der Waals surface area (Å²) in [6.07, 6.45) is 0.0709. The van der Waals surface area contributed by atoms with Crippen molar-refractivity contribution < 1.29 is 29.0 Å². The number of aryl methyl sites for hydroxylation is 2. The van der Waals surface area contributed by atoms with Crippen molar-refractivity contribution in [2.75, 3.05) is 17.3 Å². The van der Waals surface area contributed by atoms with Crippen LogP contribution in [0.5, 0.6) is 5.75 Å². The van der Waals surface area contributed by atoms with Crippen LogP contribution in [0.25, 0.3) is 10.9 Å². The third-order valence-electron chi connectivity index (χ3n) is 7.65. The number of ether oxygens (including phenoxy) is 2. The smallest absolute Gasteiger partial charge is 0.435 e. The first kappa shape index (κ1) is 27.2. The quantitative estimate of drug-likeness (QED) is 0.325. The minimum atomic E-state index is -1.34. The lowest BCUT2D eigenvalue weighted by atomic mass is 9.91. The zero-order valence-corrected chi connectivity index (χ0v) is 24.1. The van der Waals surface area contributed by atoms with Crippen LogP contribution in [0.2, 0.25) is 0 Å². The number of fused-ring (bicyclic) bond motifs is 3. The molecule has 2 aliphatic rings. The van der Waals surface area contributed by atoms with Gasteiger partial charge in [0.1, 0.15) is 11.4 Å². The Morgan fingerprint density at radius 1 is 1.12 bits per heavy atom. The van der Waals surface area contributed by atoms with Crippen LogP contribution in [0, 0.1) is 13.8 Å². The molecule has 0 bridgehead atoms. The van der Waals surface area contributed by atoms with Crippen LogP contribution in [-0.2, 0) is 14.9 Å². The highest BCUT2D eigenvalue weighted by Crippen LogP contribution is 2.67. The van der Waals surface area contributed by atoms with Gasteiger partial charge in [-0.3, -0.25) is 9.78 Å². The molecule has 4 aromatic rings. The van der Waals surface area contributed by atoms with E-state index in [0.717, 1.165) is 10.5 Å². The number of carboxylic acid groups (broad SMARTS) is 1. The molecule has 1 aliphatic carbocycles. The number of benzene rings is 2. The molecule has 0 saturated heterocycles. The monoisotopic (exact) mass is 570 g/mol. The average Bonchev–Trinajstić information content (AvgIpc) is 3.51. The SMILES string of the molecule is COc1ccc2c(c1)[C@]1(C[C@H]1c1ccc3c(Nc4nc(C)cnc4C)nn(C(=O)OC(C)(C)C)c3c1)C(=O)N2C(=O)O. The molecule has 216 valence electrons. The Bertz CT molecular complexity index is 1810. The maximum absolute atomic E-state index is 13.6. The molecule has 0 unspecified atom stereocenters. The van der Waals surface area contributed by atoms with Crippen LogP contribution in [0.4, 0.5) is 26.9 Å². The van der Waals surface area contributed by atoms with Crippen molar-refractivity contribution >= 4 is 46.3 Å². The van der Waals surface area contributed by atoms with Crippen molar-refractivity contribution in [2.45, 2.75) is 58.0 Å². The summed E-state index contributed by atoms with van der Waals surface area (Å²) in [5.41, 5.74) is 1.73. The van der Waals surface area contributed by atoms with Crippen LogP contribution in [0.3, 0.4) is 0 Å². The largest absolute Gasteiger partial charge is 0.497 e. The second-order valence-corrected chi connectivity index (χ2v) is 11.6. The highest BCUT2D eigenvalue weighted by molar-refractivity contribution is 6.22. The molecule has 1 spiro atoms. The van der Waals surface area contributed by atoms with E-state index in [0.29, 0.717) is 57.3 Å². The van der Waals surface area contributed by atoms with Crippen molar-refractivity contribution in [2.24, 2.45) is 0 Å². The Morgan fingerprint density at radius 3 is 2.57 bits per heavy atom. The second kappa shape index (κ2) is 9.26. The first-order chi connectivity index (χ1) is 19.8. The van der Waals surface area contributed by atoms with Gasteiger partial charge >= 0.3 is 12.2 Å². The van der Waals surface area contributed by atoms with Crippen molar-refractivity contribution in [3.8, 4) is 5.75 Å². The number of hydrogen-bond acceptors (Lipinski definition) is 9. The van der Waals surface area contributed by atoms with Gasteiger partial charge in [0.2, 0.25) is 5.91 Å². The molecule has 2 amide bonds. The molecule has 42 heavy (non-hydrogen) atoms. The van der Waals surface area contributed by atoms with Gasteiger partial charge in [-0.2, -0.15) is 4.68 Å². The summed E-state index contributed by atoms with van der Waals surface area (Å²) in [7, 11) is 1.52. The lowest BCUT2D eigenvalue weighted by molar-refractivity contribution is -0.119. The summed E-state index contributed by atoms with van der Waals surface area (Å²) >= 11 is 0. The van der Waals surface area contributed by atoms with E-state index in [-0.39, 0.29) is 5.92 Å². The van der Waals surface area contributed by atoms with E-state index in [1.54, 1.807) is 45.2 Å². The fourth-order valence-corrected chi connectivity index (χ4v) is 5.66. The van der Waals surface area contributed by atoms with E-state index in [4.69, 9.17) is 9.47 Å². The Morgan fingerprint density at radius 2 is 1.88 bits per heavy atom. The topological polar surface area (TPSA) is 149 Å². The van der Waals surface area contributed by atoms with Crippen LogP contribution in [-0.4, -0.2) is 55.7 Å². The molecule has 2 aromatic heterocycles. The minimum absolute atomic E-state index is 0.326. The molecular formula is C30H30N6O6. The third kappa shape index (κ3) is 4.21. The normalized spacial score (nSPS) is 19.2. The van der Waals surface area contributed by atoms with Crippen LogP contribution >= 0.6 is 0 Å². The maximum Gasteiger partial charge on any atom is 0.435 e. The maximum atomic E-state index is 13.6. The minimum Gasteiger partial charge on any atom is -0.497 e. The van der Waals surface area contributed by atoms with Gasteiger partial charge in [-0.15, -0.1) is 5.10 Å². The zero-order chi connectivity index (χ0) is 30.1. The molecule has 1 saturated carbocycles. The number of aromatic nitrogens is 4. The number of hydrogen-bond donors (Lipinski definition) is 2. The van der Waals surface area contributed by atoms with E-state index in [9.17, 15) is 19.5 Å². The molecule has 3 heterocycles. The molecule has 12 nitrogen and oxygen atoms in total. The van der Waals surface area contributed by atoms with Gasteiger partial charge in [0.25, 0.3) is 0 Å². The number of anilines is 3. The van der Waals surface area contributed by atoms with Gasteiger partial charge in [0, 0.05) is 17.5 Å². The Labute approximate surface area is 241 Å². The standard InChI is InChI=1S/C30H30N6O6/c1-15-14-31-16(2)24(32-15)33-25-19-9-7-17(11-23(19)36(34-25)28(40)42-29(3,4)5)21-13-30(21)20-12-18(41-6)8-10-22(20)35(26(30)37)27(38)39/h7-12,14,21H,13H2,1-6H3,(H,38,39)(H,32,33,34)/t21-,30-/m0/s1. The number of imide groups is 1. The molecule has 1 fully saturated rings. The first-order valence-electron chi connectivity index (χ1n) is 13.4. The predicted molar refractivity (Wildman–Crippen MR) is 154 cm³/mol. The molecule has 2 aromatic carbocycles. The van der Waals surface area contributed by atoms with E-state index in [1.807, 2.05) is 32.0 Å². The molecule has 12 heteroatoms. The Hall–Kier alpha value is -5.00. The number of nitrogens with zero attached hydrogens (tertiary/aromatic N) is 5. The number of rotatable bonds is 4. The summed E-state index contributed by atoms with van der Waals surface area (Å²) in [5, 5.41) is 18.3. The van der Waals surface area contributed by atoms with Crippen LogP contribution in [0.15, 0.2) is 42.6 Å². The number of carbonyl (C=O) groups excluding carboxylic acids is 2. The molecular weight excluding hydrogens is 540 g/mol.